The first-order valence-corrected chi connectivity index (χ1v) is 11.3. The molecule has 0 aromatic carbocycles. The van der Waals surface area contributed by atoms with Crippen molar-refractivity contribution in [1.82, 2.24) is 0 Å². The fraction of sp³-hybridized carbons (Fsp3) is 0.760. The van der Waals surface area contributed by atoms with Crippen LogP contribution < -0.4 is 0 Å². The molecule has 0 radical (unpaired) electrons. The van der Waals surface area contributed by atoms with Gasteiger partial charge >= 0.3 is 0 Å². The zero-order chi connectivity index (χ0) is 20.7. The van der Waals surface area contributed by atoms with Gasteiger partial charge in [-0.2, -0.15) is 0 Å². The van der Waals surface area contributed by atoms with Crippen LogP contribution in [0.3, 0.4) is 0 Å². The van der Waals surface area contributed by atoms with Gasteiger partial charge in [-0.15, -0.1) is 0 Å². The number of carbonyl (C=O) groups excluding carboxylic acids is 2. The lowest BCUT2D eigenvalue weighted by atomic mass is 9.51. The van der Waals surface area contributed by atoms with Crippen molar-refractivity contribution in [1.29, 1.82) is 0 Å². The number of fused-ring (bicyclic) bond motifs is 4. The number of allylic oxidation sites excluding steroid dienone is 4. The zero-order valence-electron chi connectivity index (χ0n) is 18.7. The van der Waals surface area contributed by atoms with E-state index in [0.29, 0.717) is 29.8 Å². The predicted molar refractivity (Wildman–Crippen MR) is 113 cm³/mol. The molecular weight excluding hydrogens is 348 g/mol. The van der Waals surface area contributed by atoms with Crippen LogP contribution in [0.15, 0.2) is 22.8 Å². The van der Waals surface area contributed by atoms with Crippen LogP contribution in [0.1, 0.15) is 86.0 Å². The number of hydrogen-bond donors (Lipinski definition) is 0. The van der Waals surface area contributed by atoms with Crippen molar-refractivity contribution in [3.63, 3.8) is 0 Å². The highest BCUT2D eigenvalue weighted by Gasteiger charge is 2.62. The van der Waals surface area contributed by atoms with Crippen LogP contribution >= 0.6 is 0 Å². The van der Waals surface area contributed by atoms with E-state index in [0.717, 1.165) is 44.9 Å². The Balaban J connectivity index is 0.00000109. The van der Waals surface area contributed by atoms with Crippen molar-refractivity contribution in [2.24, 2.45) is 22.7 Å². The van der Waals surface area contributed by atoms with E-state index in [4.69, 9.17) is 4.74 Å². The average molecular weight is 387 g/mol. The van der Waals surface area contributed by atoms with Gasteiger partial charge in [0.25, 0.3) is 0 Å². The van der Waals surface area contributed by atoms with Crippen LogP contribution in [0.2, 0.25) is 0 Å². The van der Waals surface area contributed by atoms with Gasteiger partial charge in [-0.1, -0.05) is 33.3 Å². The molecule has 0 spiro atoms. The molecule has 0 bridgehead atoms. The van der Waals surface area contributed by atoms with Gasteiger partial charge in [-0.3, -0.25) is 9.59 Å². The van der Waals surface area contributed by atoms with Crippen LogP contribution in [-0.2, 0) is 14.3 Å². The van der Waals surface area contributed by atoms with E-state index in [9.17, 15) is 9.59 Å². The molecule has 0 saturated heterocycles. The minimum absolute atomic E-state index is 0.0668. The highest BCUT2D eigenvalue weighted by Crippen LogP contribution is 2.67. The van der Waals surface area contributed by atoms with E-state index in [2.05, 4.69) is 13.8 Å². The maximum Gasteiger partial charge on any atom is 0.167 e. The third-order valence-electron chi connectivity index (χ3n) is 8.60. The largest absolute Gasteiger partial charge is 0.374 e. The lowest BCUT2D eigenvalue weighted by molar-refractivity contribution is -0.146. The highest BCUT2D eigenvalue weighted by atomic mass is 16.5. The first-order valence-electron chi connectivity index (χ1n) is 11.3. The Kier molecular flexibility index (Phi) is 6.06. The minimum atomic E-state index is -0.319. The molecule has 3 nitrogen and oxygen atoms in total. The number of ether oxygens (including phenoxy) is 1. The topological polar surface area (TPSA) is 43.4 Å². The van der Waals surface area contributed by atoms with E-state index >= 15 is 0 Å². The van der Waals surface area contributed by atoms with E-state index in [1.807, 2.05) is 26.8 Å². The summed E-state index contributed by atoms with van der Waals surface area (Å²) in [5, 5.41) is 0. The summed E-state index contributed by atoms with van der Waals surface area (Å²) in [5.41, 5.74) is 4.25. The summed E-state index contributed by atoms with van der Waals surface area (Å²) < 4.78 is 5.40. The van der Waals surface area contributed by atoms with Gasteiger partial charge in [-0.25, -0.2) is 0 Å². The molecular formula is C25H38O3. The Bertz CT molecular complexity index is 715. The summed E-state index contributed by atoms with van der Waals surface area (Å²) in [5.74, 6) is 1.80. The van der Waals surface area contributed by atoms with Gasteiger partial charge in [0.15, 0.2) is 11.6 Å². The number of Topliss-reactive ketones (excluding diaryl/α,β-unsaturated/α-hetero) is 1. The lowest BCUT2D eigenvalue weighted by Gasteiger charge is -2.52. The van der Waals surface area contributed by atoms with Crippen molar-refractivity contribution in [3.8, 4) is 0 Å². The number of ketones is 2. The van der Waals surface area contributed by atoms with E-state index in [-0.39, 0.29) is 16.9 Å². The molecule has 0 N–H and O–H groups in total. The van der Waals surface area contributed by atoms with Crippen molar-refractivity contribution in [2.45, 2.75) is 92.1 Å². The predicted octanol–water partition coefficient (Wildman–Crippen LogP) is 5.83. The van der Waals surface area contributed by atoms with Crippen LogP contribution in [0.25, 0.3) is 0 Å². The molecule has 28 heavy (non-hydrogen) atoms. The van der Waals surface area contributed by atoms with Gasteiger partial charge < -0.3 is 4.74 Å². The molecule has 5 unspecified atom stereocenters. The number of rotatable bonds is 3. The third-order valence-corrected chi connectivity index (χ3v) is 8.60. The normalized spacial score (nSPS) is 37.8. The smallest absolute Gasteiger partial charge is 0.167 e. The van der Waals surface area contributed by atoms with Gasteiger partial charge in [0, 0.05) is 18.9 Å². The number of methoxy groups -OCH3 is 1. The number of hydrogen-bond acceptors (Lipinski definition) is 3. The molecule has 0 heterocycles. The Hall–Kier alpha value is -1.22. The molecule has 0 aliphatic heterocycles. The molecule has 156 valence electrons. The Labute approximate surface area is 171 Å². The average Bonchev–Trinajstić information content (AvgIpc) is 3.00. The van der Waals surface area contributed by atoms with Crippen LogP contribution in [-0.4, -0.2) is 24.8 Å². The third kappa shape index (κ3) is 3.05. The summed E-state index contributed by atoms with van der Waals surface area (Å²) in [6, 6.07) is 0. The van der Waals surface area contributed by atoms with E-state index < -0.39 is 0 Å². The number of carbonyl (C=O) groups is 2. The van der Waals surface area contributed by atoms with Crippen molar-refractivity contribution >= 4 is 11.6 Å². The maximum atomic E-state index is 13.2. The first kappa shape index (κ1) is 21.5. The van der Waals surface area contributed by atoms with Gasteiger partial charge in [0.2, 0.25) is 0 Å². The van der Waals surface area contributed by atoms with Crippen LogP contribution in [0, 0.1) is 22.7 Å². The Morgan fingerprint density at radius 2 is 1.82 bits per heavy atom. The fourth-order valence-electron chi connectivity index (χ4n) is 6.76. The summed E-state index contributed by atoms with van der Waals surface area (Å²) in [6.07, 6.45) is 9.74. The van der Waals surface area contributed by atoms with Crippen LogP contribution in [0.4, 0.5) is 0 Å². The standard InChI is InChI=1S/C23H32O3.C2H6/c1-14(26-4)21(25)23(3)12-10-20-19-7-5-15-13-16(24)6-8-17(15)18(19)9-11-22(20,23)2;1-2/h13-14,19-20H,5-12H2,1-4H3;1-2H3. The summed E-state index contributed by atoms with van der Waals surface area (Å²) in [4.78, 5) is 25.0. The summed E-state index contributed by atoms with van der Waals surface area (Å²) >= 11 is 0. The second-order valence-corrected chi connectivity index (χ2v) is 9.42. The second kappa shape index (κ2) is 7.89. The molecule has 4 aliphatic rings. The summed E-state index contributed by atoms with van der Waals surface area (Å²) in [7, 11) is 1.64. The fourth-order valence-corrected chi connectivity index (χ4v) is 6.76. The SMILES string of the molecule is CC.COC(C)C(=O)C1(C)CCC2C3CCC4=CC(=O)CCC4=C3CCC21C. The zero-order valence-corrected chi connectivity index (χ0v) is 18.7. The minimum Gasteiger partial charge on any atom is -0.374 e. The first-order chi connectivity index (χ1) is 13.3. The molecule has 0 aromatic rings. The molecule has 3 heteroatoms. The van der Waals surface area contributed by atoms with E-state index in [1.165, 1.54) is 11.1 Å². The maximum absolute atomic E-state index is 13.2. The van der Waals surface area contributed by atoms with Crippen molar-refractivity contribution < 1.29 is 14.3 Å². The van der Waals surface area contributed by atoms with Crippen molar-refractivity contribution in [2.75, 3.05) is 7.11 Å². The monoisotopic (exact) mass is 386 g/mol. The Morgan fingerprint density at radius 3 is 2.50 bits per heavy atom. The molecule has 0 amide bonds. The van der Waals surface area contributed by atoms with Crippen LogP contribution in [0.5, 0.6) is 0 Å². The van der Waals surface area contributed by atoms with E-state index in [1.54, 1.807) is 12.7 Å². The molecule has 4 aliphatic carbocycles. The van der Waals surface area contributed by atoms with Gasteiger partial charge in [0.05, 0.1) is 0 Å². The summed E-state index contributed by atoms with van der Waals surface area (Å²) in [6.45, 7) is 10.5. The van der Waals surface area contributed by atoms with Gasteiger partial charge in [0.1, 0.15) is 6.10 Å². The molecule has 5 atom stereocenters. The quantitative estimate of drug-likeness (QED) is 0.613. The molecule has 4 rings (SSSR count). The van der Waals surface area contributed by atoms with Crippen molar-refractivity contribution in [3.05, 3.63) is 22.8 Å². The Morgan fingerprint density at radius 1 is 1.11 bits per heavy atom. The highest BCUT2D eigenvalue weighted by molar-refractivity contribution is 5.93. The lowest BCUT2D eigenvalue weighted by Crippen LogP contribution is -2.50. The van der Waals surface area contributed by atoms with Gasteiger partial charge in [-0.05, 0) is 86.3 Å². The molecule has 2 fully saturated rings. The molecule has 2 saturated carbocycles. The molecule has 0 aromatic heterocycles. The second-order valence-electron chi connectivity index (χ2n) is 9.42.